The number of H-pyrrole nitrogens is 1. The van der Waals surface area contributed by atoms with Crippen LogP contribution in [0.2, 0.25) is 0 Å². The number of aromatic nitrogens is 5. The van der Waals surface area contributed by atoms with Gasteiger partial charge < -0.3 is 14.8 Å². The first kappa shape index (κ1) is 20.3. The summed E-state index contributed by atoms with van der Waals surface area (Å²) in [6.07, 6.45) is 4.23. The van der Waals surface area contributed by atoms with E-state index in [0.29, 0.717) is 35.3 Å². The average Bonchev–Trinajstić information content (AvgIpc) is 3.36. The van der Waals surface area contributed by atoms with Gasteiger partial charge in [0.05, 0.1) is 11.9 Å². The van der Waals surface area contributed by atoms with Crippen LogP contribution in [0.25, 0.3) is 17.1 Å². The number of rotatable bonds is 4. The Morgan fingerprint density at radius 1 is 1.23 bits per heavy atom. The molecule has 1 aliphatic heterocycles. The lowest BCUT2D eigenvalue weighted by atomic mass is 9.94. The number of hydrogen-bond acceptors (Lipinski definition) is 6. The van der Waals surface area contributed by atoms with Gasteiger partial charge in [-0.05, 0) is 44.0 Å². The van der Waals surface area contributed by atoms with E-state index < -0.39 is 0 Å². The molecule has 5 rings (SSSR count). The van der Waals surface area contributed by atoms with Crippen molar-refractivity contribution in [2.45, 2.75) is 32.1 Å². The predicted octanol–water partition coefficient (Wildman–Crippen LogP) is 2.86. The minimum atomic E-state index is -0.146. The number of benzene rings is 1. The largest absolute Gasteiger partial charge is 0.334 e. The maximum atomic E-state index is 12.3. The fraction of sp³-hybridized carbons (Fsp3) is 0.333. The molecule has 0 atom stereocenters. The van der Waals surface area contributed by atoms with Gasteiger partial charge in [0, 0.05) is 18.4 Å². The Kier molecular flexibility index (Phi) is 5.69. The van der Waals surface area contributed by atoms with E-state index in [-0.39, 0.29) is 18.0 Å². The lowest BCUT2D eigenvalue weighted by molar-refractivity contribution is 0.424. The van der Waals surface area contributed by atoms with Crippen LogP contribution in [0.3, 0.4) is 0 Å². The van der Waals surface area contributed by atoms with Gasteiger partial charge in [0.2, 0.25) is 0 Å². The lowest BCUT2D eigenvalue weighted by Gasteiger charge is -2.23. The van der Waals surface area contributed by atoms with Crippen molar-refractivity contribution in [3.8, 4) is 11.5 Å². The molecule has 0 unspecified atom stereocenters. The van der Waals surface area contributed by atoms with Gasteiger partial charge in [0.25, 0.3) is 11.4 Å². The lowest BCUT2D eigenvalue weighted by Crippen LogP contribution is -2.28. The van der Waals surface area contributed by atoms with Crippen molar-refractivity contribution < 1.29 is 4.52 Å². The number of nitrogens with zero attached hydrogens (tertiary/aromatic N) is 4. The number of aromatic amines is 1. The van der Waals surface area contributed by atoms with Crippen LogP contribution < -0.4 is 10.9 Å². The average molecular weight is 427 g/mol. The second-order valence-corrected chi connectivity index (χ2v) is 7.52. The van der Waals surface area contributed by atoms with E-state index in [1.54, 1.807) is 16.8 Å². The van der Waals surface area contributed by atoms with E-state index in [2.05, 4.69) is 44.6 Å². The Hall–Kier alpha value is -2.97. The predicted molar refractivity (Wildman–Crippen MR) is 115 cm³/mol. The molecular weight excluding hydrogens is 404 g/mol. The van der Waals surface area contributed by atoms with E-state index in [0.717, 1.165) is 37.2 Å². The summed E-state index contributed by atoms with van der Waals surface area (Å²) in [5.74, 6) is 1.26. The molecule has 30 heavy (non-hydrogen) atoms. The topological polar surface area (TPSA) is 101 Å². The summed E-state index contributed by atoms with van der Waals surface area (Å²) >= 11 is 0. The highest BCUT2D eigenvalue weighted by Crippen LogP contribution is 2.28. The number of piperidine rings is 1. The van der Waals surface area contributed by atoms with Gasteiger partial charge in [-0.3, -0.25) is 4.79 Å². The smallest absolute Gasteiger partial charge is 0.263 e. The van der Waals surface area contributed by atoms with Crippen LogP contribution in [-0.2, 0) is 6.42 Å². The molecule has 0 saturated carbocycles. The van der Waals surface area contributed by atoms with E-state index in [4.69, 9.17) is 4.52 Å². The Balaban J connectivity index is 0.00000218. The second-order valence-electron chi connectivity index (χ2n) is 7.52. The first-order chi connectivity index (χ1) is 14.2. The molecule has 1 aromatic carbocycles. The first-order valence-electron chi connectivity index (χ1n) is 9.88. The van der Waals surface area contributed by atoms with Crippen LogP contribution in [0.15, 0.2) is 45.8 Å². The standard InChI is InChI=1S/C21H22N6O2.ClH/c1-13-4-2-3-5-15(13)10-18-24-21(29-26-18)16-12-23-27-17(11-19(28)25-20(16)27)14-6-8-22-9-7-14;/h2-5,11-12,14,22H,6-10H2,1H3,(H,25,28);1H. The molecule has 1 aliphatic rings. The second kappa shape index (κ2) is 8.41. The van der Waals surface area contributed by atoms with Crippen molar-refractivity contribution >= 4 is 18.1 Å². The Labute approximate surface area is 179 Å². The molecule has 9 heteroatoms. The van der Waals surface area contributed by atoms with E-state index in [1.807, 2.05) is 12.1 Å². The highest BCUT2D eigenvalue weighted by molar-refractivity contribution is 5.85. The highest BCUT2D eigenvalue weighted by Gasteiger charge is 2.22. The quantitative estimate of drug-likeness (QED) is 0.520. The third kappa shape index (κ3) is 3.76. The zero-order valence-electron chi connectivity index (χ0n) is 16.6. The third-order valence-corrected chi connectivity index (χ3v) is 5.60. The molecule has 1 fully saturated rings. The van der Waals surface area contributed by atoms with E-state index in [1.165, 1.54) is 5.56 Å². The van der Waals surface area contributed by atoms with Crippen LogP contribution >= 0.6 is 12.4 Å². The summed E-state index contributed by atoms with van der Waals surface area (Å²) in [5.41, 5.74) is 4.36. The SMILES string of the molecule is Cc1ccccc1Cc1noc(-c2cnn3c(C4CCNCC4)cc(=O)[nH]c23)n1.Cl. The van der Waals surface area contributed by atoms with Crippen LogP contribution in [0.1, 0.15) is 41.4 Å². The van der Waals surface area contributed by atoms with Crippen LogP contribution in [0, 0.1) is 6.92 Å². The summed E-state index contributed by atoms with van der Waals surface area (Å²) in [6.45, 7) is 3.95. The molecule has 4 aromatic rings. The summed E-state index contributed by atoms with van der Waals surface area (Å²) in [6, 6.07) is 9.78. The number of halogens is 1. The Morgan fingerprint density at radius 2 is 2.03 bits per heavy atom. The molecule has 3 aromatic heterocycles. The van der Waals surface area contributed by atoms with Crippen molar-refractivity contribution in [2.24, 2.45) is 0 Å². The molecule has 0 bridgehead atoms. The van der Waals surface area contributed by atoms with Crippen LogP contribution in [-0.4, -0.2) is 37.8 Å². The highest BCUT2D eigenvalue weighted by atomic mass is 35.5. The van der Waals surface area contributed by atoms with Gasteiger partial charge in [0.15, 0.2) is 5.82 Å². The number of nitrogens with one attached hydrogen (secondary N) is 2. The van der Waals surface area contributed by atoms with Gasteiger partial charge in [-0.15, -0.1) is 12.4 Å². The van der Waals surface area contributed by atoms with Crippen molar-refractivity contribution in [1.82, 2.24) is 30.1 Å². The zero-order valence-corrected chi connectivity index (χ0v) is 17.4. The Morgan fingerprint density at radius 3 is 2.83 bits per heavy atom. The minimum absolute atomic E-state index is 0. The van der Waals surface area contributed by atoms with Crippen molar-refractivity contribution in [3.63, 3.8) is 0 Å². The van der Waals surface area contributed by atoms with Gasteiger partial charge in [-0.2, -0.15) is 10.1 Å². The van der Waals surface area contributed by atoms with Gasteiger partial charge in [-0.1, -0.05) is 29.4 Å². The number of hydrogen-bond donors (Lipinski definition) is 2. The fourth-order valence-electron chi connectivity index (χ4n) is 3.99. The van der Waals surface area contributed by atoms with Gasteiger partial charge >= 0.3 is 0 Å². The van der Waals surface area contributed by atoms with E-state index >= 15 is 0 Å². The van der Waals surface area contributed by atoms with E-state index in [9.17, 15) is 4.79 Å². The summed E-state index contributed by atoms with van der Waals surface area (Å²) in [7, 11) is 0. The maximum Gasteiger partial charge on any atom is 0.263 e. The van der Waals surface area contributed by atoms with Crippen molar-refractivity contribution in [3.05, 3.63) is 69.5 Å². The normalized spacial score (nSPS) is 14.7. The third-order valence-electron chi connectivity index (χ3n) is 5.60. The zero-order chi connectivity index (χ0) is 19.8. The van der Waals surface area contributed by atoms with Gasteiger partial charge in [0.1, 0.15) is 11.2 Å². The summed E-state index contributed by atoms with van der Waals surface area (Å²) in [4.78, 5) is 19.8. The fourth-order valence-corrected chi connectivity index (χ4v) is 3.99. The molecule has 0 spiro atoms. The first-order valence-corrected chi connectivity index (χ1v) is 9.88. The Bertz CT molecular complexity index is 1220. The molecule has 0 radical (unpaired) electrons. The molecule has 2 N–H and O–H groups in total. The molecule has 0 amide bonds. The molecular formula is C21H23ClN6O2. The summed E-state index contributed by atoms with van der Waals surface area (Å²) < 4.78 is 7.31. The molecule has 0 aliphatic carbocycles. The van der Waals surface area contributed by atoms with Gasteiger partial charge in [-0.25, -0.2) is 4.52 Å². The monoisotopic (exact) mass is 426 g/mol. The number of fused-ring (bicyclic) bond motifs is 1. The molecule has 8 nitrogen and oxygen atoms in total. The minimum Gasteiger partial charge on any atom is -0.334 e. The summed E-state index contributed by atoms with van der Waals surface area (Å²) in [5, 5.41) is 12.0. The molecule has 156 valence electrons. The number of aryl methyl sites for hydroxylation is 1. The van der Waals surface area contributed by atoms with Crippen molar-refractivity contribution in [1.29, 1.82) is 0 Å². The van der Waals surface area contributed by atoms with Crippen LogP contribution in [0.4, 0.5) is 0 Å². The van der Waals surface area contributed by atoms with Crippen molar-refractivity contribution in [2.75, 3.05) is 13.1 Å². The molecule has 1 saturated heterocycles. The van der Waals surface area contributed by atoms with Crippen LogP contribution in [0.5, 0.6) is 0 Å². The maximum absolute atomic E-state index is 12.3. The molecule has 4 heterocycles.